The molecule has 0 aliphatic heterocycles. The summed E-state index contributed by atoms with van der Waals surface area (Å²) in [6, 6.07) is 30.1. The number of hydrogen-bond acceptors (Lipinski definition) is 5. The van der Waals surface area contributed by atoms with Crippen LogP contribution in [0.4, 0.5) is 11.4 Å². The summed E-state index contributed by atoms with van der Waals surface area (Å²) in [6.45, 7) is 7.27. The minimum Gasteiger partial charge on any atom is -0.402 e. The van der Waals surface area contributed by atoms with Gasteiger partial charge in [-0.3, -0.25) is 10.1 Å². The fourth-order valence-electron chi connectivity index (χ4n) is 4.43. The van der Waals surface area contributed by atoms with Crippen LogP contribution in [-0.4, -0.2) is 13.2 Å². The minimum absolute atomic E-state index is 0.0736. The highest BCUT2D eigenvalue weighted by molar-refractivity contribution is 7.15. The van der Waals surface area contributed by atoms with E-state index in [1.165, 1.54) is 16.4 Å². The Labute approximate surface area is 205 Å². The average molecular weight is 489 g/mol. The van der Waals surface area contributed by atoms with E-state index in [0.717, 1.165) is 15.3 Å². The number of nitro benzene ring substituents is 1. The molecule has 4 aromatic rings. The van der Waals surface area contributed by atoms with Crippen LogP contribution in [0, 0.1) is 10.1 Å². The van der Waals surface area contributed by atoms with Crippen molar-refractivity contribution in [2.75, 3.05) is 5.73 Å². The van der Waals surface area contributed by atoms with Crippen molar-refractivity contribution >= 4 is 41.4 Å². The molecule has 0 saturated heterocycles. The highest BCUT2D eigenvalue weighted by atomic mass is 32.1. The Balaban J connectivity index is 1.68. The number of nitrogens with zero attached hydrogens (tertiary/aromatic N) is 1. The number of rotatable bonds is 7. The van der Waals surface area contributed by atoms with Crippen LogP contribution in [0.2, 0.25) is 5.04 Å². The third-order valence-electron chi connectivity index (χ3n) is 6.02. The largest absolute Gasteiger partial charge is 0.402 e. The van der Waals surface area contributed by atoms with E-state index in [4.69, 9.17) is 10.2 Å². The lowest BCUT2D eigenvalue weighted by molar-refractivity contribution is -0.383. The highest BCUT2D eigenvalue weighted by Gasteiger charge is 2.50. The Morgan fingerprint density at radius 3 is 2.00 bits per heavy atom. The van der Waals surface area contributed by atoms with Gasteiger partial charge in [-0.25, -0.2) is 0 Å². The molecule has 34 heavy (non-hydrogen) atoms. The van der Waals surface area contributed by atoms with Gasteiger partial charge in [0.15, 0.2) is 0 Å². The van der Waals surface area contributed by atoms with E-state index in [9.17, 15) is 10.1 Å². The van der Waals surface area contributed by atoms with Gasteiger partial charge >= 0.3 is 0 Å². The zero-order chi connectivity index (χ0) is 24.3. The average Bonchev–Trinajstić information content (AvgIpc) is 3.29. The van der Waals surface area contributed by atoms with Gasteiger partial charge in [0.25, 0.3) is 14.0 Å². The number of nitro groups is 1. The molecule has 0 spiro atoms. The standard InChI is InChI=1S/C27H28N2O3SSi/c1-27(2,3)34(22-10-6-4-7-11-22,23-12-8-5-9-13-23)32-19-21-15-17-26(33-21)20-14-16-25(29(30)31)24(28)18-20/h4-18H,19,28H2,1-3H3. The monoisotopic (exact) mass is 488 g/mol. The van der Waals surface area contributed by atoms with E-state index in [-0.39, 0.29) is 16.4 Å². The predicted molar refractivity (Wildman–Crippen MR) is 143 cm³/mol. The lowest BCUT2D eigenvalue weighted by atomic mass is 10.1. The van der Waals surface area contributed by atoms with Crippen molar-refractivity contribution in [3.05, 3.63) is 106 Å². The number of hydrogen-bond donors (Lipinski definition) is 1. The molecular weight excluding hydrogens is 460 g/mol. The Morgan fingerprint density at radius 2 is 1.50 bits per heavy atom. The van der Waals surface area contributed by atoms with E-state index >= 15 is 0 Å². The van der Waals surface area contributed by atoms with Crippen molar-refractivity contribution in [3.63, 3.8) is 0 Å². The van der Waals surface area contributed by atoms with Crippen LogP contribution in [0.25, 0.3) is 10.4 Å². The molecule has 0 atom stereocenters. The van der Waals surface area contributed by atoms with Crippen molar-refractivity contribution in [2.45, 2.75) is 32.4 Å². The van der Waals surface area contributed by atoms with E-state index in [1.807, 2.05) is 18.2 Å². The second kappa shape index (κ2) is 9.54. The van der Waals surface area contributed by atoms with Crippen LogP contribution in [-0.2, 0) is 11.0 Å². The molecule has 3 aromatic carbocycles. The van der Waals surface area contributed by atoms with E-state index in [0.29, 0.717) is 6.61 Å². The summed E-state index contributed by atoms with van der Waals surface area (Å²) in [5.41, 5.74) is 6.86. The zero-order valence-electron chi connectivity index (χ0n) is 19.5. The molecule has 0 amide bonds. The van der Waals surface area contributed by atoms with Gasteiger partial charge in [-0.1, -0.05) is 81.4 Å². The normalized spacial score (nSPS) is 12.0. The summed E-state index contributed by atoms with van der Waals surface area (Å²) in [6.07, 6.45) is 0. The summed E-state index contributed by atoms with van der Waals surface area (Å²) in [5, 5.41) is 13.5. The van der Waals surface area contributed by atoms with Crippen molar-refractivity contribution in [3.8, 4) is 10.4 Å². The summed E-state index contributed by atoms with van der Waals surface area (Å²) in [7, 11) is -2.62. The third-order valence-corrected chi connectivity index (χ3v) is 12.1. The van der Waals surface area contributed by atoms with Crippen molar-refractivity contribution in [1.82, 2.24) is 0 Å². The van der Waals surface area contributed by atoms with Gasteiger partial charge in [0.1, 0.15) is 5.69 Å². The lowest BCUT2D eigenvalue weighted by Crippen LogP contribution is -2.66. The van der Waals surface area contributed by atoms with Gasteiger partial charge < -0.3 is 10.2 Å². The smallest absolute Gasteiger partial charge is 0.292 e. The van der Waals surface area contributed by atoms with Crippen LogP contribution in [0.1, 0.15) is 25.6 Å². The summed E-state index contributed by atoms with van der Waals surface area (Å²) in [4.78, 5) is 12.7. The molecule has 0 unspecified atom stereocenters. The maximum Gasteiger partial charge on any atom is 0.292 e. The van der Waals surface area contributed by atoms with E-state index < -0.39 is 13.2 Å². The minimum atomic E-state index is -2.62. The third kappa shape index (κ3) is 4.55. The molecule has 0 fully saturated rings. The molecule has 0 aliphatic carbocycles. The molecule has 5 nitrogen and oxygen atoms in total. The van der Waals surface area contributed by atoms with Gasteiger partial charge in [-0.05, 0) is 45.2 Å². The maximum atomic E-state index is 11.1. The van der Waals surface area contributed by atoms with Crippen LogP contribution in [0.5, 0.6) is 0 Å². The van der Waals surface area contributed by atoms with Crippen molar-refractivity contribution in [2.24, 2.45) is 0 Å². The Morgan fingerprint density at radius 1 is 0.912 bits per heavy atom. The van der Waals surface area contributed by atoms with Crippen molar-refractivity contribution in [1.29, 1.82) is 0 Å². The van der Waals surface area contributed by atoms with Crippen LogP contribution in [0.15, 0.2) is 91.0 Å². The fourth-order valence-corrected chi connectivity index (χ4v) is 9.98. The summed E-state index contributed by atoms with van der Waals surface area (Å²) < 4.78 is 7.01. The molecule has 0 radical (unpaired) electrons. The molecule has 7 heteroatoms. The van der Waals surface area contributed by atoms with Gasteiger partial charge in [0, 0.05) is 15.8 Å². The highest BCUT2D eigenvalue weighted by Crippen LogP contribution is 2.38. The van der Waals surface area contributed by atoms with E-state index in [2.05, 4.69) is 75.4 Å². The first-order chi connectivity index (χ1) is 16.2. The second-order valence-corrected chi connectivity index (χ2v) is 14.7. The molecule has 0 bridgehead atoms. The van der Waals surface area contributed by atoms with Crippen LogP contribution < -0.4 is 16.1 Å². The van der Waals surface area contributed by atoms with Gasteiger partial charge in [0.05, 0.1) is 11.5 Å². The molecule has 0 saturated carbocycles. The van der Waals surface area contributed by atoms with Crippen LogP contribution >= 0.6 is 11.3 Å². The fraction of sp³-hybridized carbons (Fsp3) is 0.185. The molecular formula is C27H28N2O3SSi. The van der Waals surface area contributed by atoms with Gasteiger partial charge in [0.2, 0.25) is 0 Å². The van der Waals surface area contributed by atoms with Gasteiger partial charge in [-0.15, -0.1) is 11.3 Å². The molecule has 1 heterocycles. The molecule has 4 rings (SSSR count). The first kappa shape index (κ1) is 23.9. The first-order valence-corrected chi connectivity index (χ1v) is 13.8. The zero-order valence-corrected chi connectivity index (χ0v) is 21.3. The lowest BCUT2D eigenvalue weighted by Gasteiger charge is -2.43. The molecule has 2 N–H and O–H groups in total. The topological polar surface area (TPSA) is 78.4 Å². The Kier molecular flexibility index (Phi) is 6.70. The number of benzene rings is 3. The Hall–Kier alpha value is -3.26. The Bertz CT molecular complexity index is 1240. The molecule has 174 valence electrons. The predicted octanol–water partition coefficient (Wildman–Crippen LogP) is 5.98. The van der Waals surface area contributed by atoms with Crippen molar-refractivity contribution < 1.29 is 9.35 Å². The summed E-state index contributed by atoms with van der Waals surface area (Å²) in [5.74, 6) is 0. The number of nitrogens with two attached hydrogens (primary N) is 1. The number of thiophene rings is 1. The quantitative estimate of drug-likeness (QED) is 0.150. The van der Waals surface area contributed by atoms with E-state index in [1.54, 1.807) is 23.5 Å². The maximum absolute atomic E-state index is 11.1. The number of nitrogen functional groups attached to an aromatic ring is 1. The van der Waals surface area contributed by atoms with Gasteiger partial charge in [-0.2, -0.15) is 0 Å². The number of anilines is 1. The molecule has 0 aliphatic rings. The second-order valence-electron chi connectivity index (χ2n) is 9.25. The first-order valence-electron chi connectivity index (χ1n) is 11.1. The SMILES string of the molecule is CC(C)(C)[Si](OCc1ccc(-c2ccc([N+](=O)[O-])c(N)c2)s1)(c1ccccc1)c1ccccc1. The summed E-state index contributed by atoms with van der Waals surface area (Å²) >= 11 is 1.62. The molecule has 1 aromatic heterocycles. The van der Waals surface area contributed by atoms with Crippen LogP contribution in [0.3, 0.4) is 0 Å².